The summed E-state index contributed by atoms with van der Waals surface area (Å²) in [4.78, 5) is 16.1. The van der Waals surface area contributed by atoms with Crippen LogP contribution in [0, 0.1) is 0 Å². The maximum Gasteiger partial charge on any atom is 0.407 e. The lowest BCUT2D eigenvalue weighted by molar-refractivity contribution is 0.0520. The zero-order chi connectivity index (χ0) is 17.7. The number of hydrogen-bond donors (Lipinski definition) is 2. The number of nitrogens with one attached hydrogen (secondary N) is 1. The highest BCUT2D eigenvalue weighted by Gasteiger charge is 2.15. The molecule has 3 N–H and O–H groups in total. The van der Waals surface area contributed by atoms with Crippen LogP contribution in [-0.2, 0) is 17.8 Å². The molecule has 0 radical (unpaired) electrons. The Bertz CT molecular complexity index is 704. The Labute approximate surface area is 142 Å². The molecule has 1 amide bonds. The number of hydrogen-bond acceptors (Lipinski definition) is 5. The molecule has 0 atom stereocenters. The van der Waals surface area contributed by atoms with Gasteiger partial charge in [0.25, 0.3) is 0 Å². The average molecular weight is 334 g/mol. The molecule has 0 aliphatic carbocycles. The molecule has 132 valence electrons. The van der Waals surface area contributed by atoms with E-state index in [2.05, 4.69) is 21.8 Å². The van der Waals surface area contributed by atoms with Crippen molar-refractivity contribution in [3.8, 4) is 5.75 Å². The quantitative estimate of drug-likeness (QED) is 0.792. The van der Waals surface area contributed by atoms with Crippen LogP contribution < -0.4 is 15.8 Å². The normalized spacial score (nSPS) is 11.5. The Morgan fingerprint density at radius 3 is 2.75 bits per heavy atom. The van der Waals surface area contributed by atoms with Crippen molar-refractivity contribution >= 4 is 17.1 Å². The Morgan fingerprint density at radius 1 is 1.38 bits per heavy atom. The summed E-state index contributed by atoms with van der Waals surface area (Å²) in [5.74, 6) is 1.59. The Kier molecular flexibility index (Phi) is 5.66. The first-order valence-electron chi connectivity index (χ1n) is 8.13. The molecule has 7 nitrogen and oxygen atoms in total. The highest BCUT2D eigenvalue weighted by molar-refractivity contribution is 5.77. The average Bonchev–Trinajstić information content (AvgIpc) is 2.86. The molecular weight excluding hydrogens is 308 g/mol. The van der Waals surface area contributed by atoms with Gasteiger partial charge in [0.05, 0.1) is 24.1 Å². The predicted octanol–water partition coefficient (Wildman–Crippen LogP) is 2.42. The van der Waals surface area contributed by atoms with Gasteiger partial charge in [-0.15, -0.1) is 0 Å². The molecule has 1 aromatic carbocycles. The smallest absolute Gasteiger partial charge is 0.407 e. The van der Waals surface area contributed by atoms with E-state index in [9.17, 15) is 4.79 Å². The molecule has 0 fully saturated rings. The lowest BCUT2D eigenvalue weighted by Crippen LogP contribution is -2.34. The van der Waals surface area contributed by atoms with Gasteiger partial charge in [0.2, 0.25) is 0 Å². The summed E-state index contributed by atoms with van der Waals surface area (Å²) in [6.07, 6.45) is -0.446. The van der Waals surface area contributed by atoms with Crippen molar-refractivity contribution in [1.82, 2.24) is 14.9 Å². The first-order valence-corrected chi connectivity index (χ1v) is 8.13. The minimum absolute atomic E-state index is 0.356. The van der Waals surface area contributed by atoms with Gasteiger partial charge < -0.3 is 25.1 Å². The van der Waals surface area contributed by atoms with Gasteiger partial charge in [-0.05, 0) is 39.8 Å². The molecule has 0 aliphatic heterocycles. The van der Waals surface area contributed by atoms with Crippen molar-refractivity contribution in [1.29, 1.82) is 0 Å². The minimum Gasteiger partial charge on any atom is -0.492 e. The summed E-state index contributed by atoms with van der Waals surface area (Å²) < 4.78 is 12.9. The van der Waals surface area contributed by atoms with Crippen molar-refractivity contribution < 1.29 is 14.3 Å². The second-order valence-corrected chi connectivity index (χ2v) is 6.40. The van der Waals surface area contributed by atoms with Crippen LogP contribution in [-0.4, -0.2) is 34.4 Å². The number of carbonyl (C=O) groups excluding carboxylic acids is 1. The maximum absolute atomic E-state index is 11.6. The number of amides is 1. The fourth-order valence-electron chi connectivity index (χ4n) is 2.39. The van der Waals surface area contributed by atoms with Crippen molar-refractivity contribution in [2.45, 2.75) is 46.4 Å². The fourth-order valence-corrected chi connectivity index (χ4v) is 2.39. The lowest BCUT2D eigenvalue weighted by atomic mass is 10.2. The first-order chi connectivity index (χ1) is 11.3. The van der Waals surface area contributed by atoms with E-state index in [1.807, 2.05) is 39.0 Å². The van der Waals surface area contributed by atoms with Crippen molar-refractivity contribution in [2.24, 2.45) is 5.73 Å². The third-order valence-corrected chi connectivity index (χ3v) is 3.34. The van der Waals surface area contributed by atoms with Gasteiger partial charge >= 0.3 is 6.09 Å². The molecule has 0 unspecified atom stereocenters. The number of ether oxygens (including phenoxy) is 2. The third-order valence-electron chi connectivity index (χ3n) is 3.34. The van der Waals surface area contributed by atoms with Crippen LogP contribution in [0.25, 0.3) is 11.0 Å². The number of nitrogens with two attached hydrogens (primary N) is 1. The topological polar surface area (TPSA) is 91.4 Å². The summed E-state index contributed by atoms with van der Waals surface area (Å²) in [6, 6.07) is 5.72. The van der Waals surface area contributed by atoms with Gasteiger partial charge in [0.15, 0.2) is 0 Å². The summed E-state index contributed by atoms with van der Waals surface area (Å²) >= 11 is 0. The molecule has 0 spiro atoms. The maximum atomic E-state index is 11.6. The van der Waals surface area contributed by atoms with Crippen LogP contribution in [0.3, 0.4) is 0 Å². The minimum atomic E-state index is -0.505. The number of aromatic nitrogens is 2. The number of benzene rings is 1. The number of fused-ring (bicyclic) bond motifs is 1. The molecule has 0 saturated carbocycles. The van der Waals surface area contributed by atoms with Crippen LogP contribution in [0.15, 0.2) is 18.2 Å². The van der Waals surface area contributed by atoms with Crippen molar-refractivity contribution in [3.63, 3.8) is 0 Å². The summed E-state index contributed by atoms with van der Waals surface area (Å²) in [7, 11) is 0. The summed E-state index contributed by atoms with van der Waals surface area (Å²) in [6.45, 7) is 9.45. The van der Waals surface area contributed by atoms with Crippen LogP contribution in [0.5, 0.6) is 5.75 Å². The van der Waals surface area contributed by atoms with Gasteiger partial charge in [0.1, 0.15) is 23.8 Å². The molecule has 0 saturated heterocycles. The van der Waals surface area contributed by atoms with Crippen LogP contribution in [0.2, 0.25) is 0 Å². The summed E-state index contributed by atoms with van der Waals surface area (Å²) in [5, 5.41) is 2.66. The molecule has 0 bridgehead atoms. The molecule has 2 aromatic rings. The van der Waals surface area contributed by atoms with Gasteiger partial charge in [-0.25, -0.2) is 9.78 Å². The van der Waals surface area contributed by atoms with Crippen LogP contribution in [0.4, 0.5) is 4.79 Å². The summed E-state index contributed by atoms with van der Waals surface area (Å²) in [5.41, 5.74) is 7.12. The van der Waals surface area contributed by atoms with Gasteiger partial charge in [0, 0.05) is 12.6 Å². The molecule has 1 aromatic heterocycles. The van der Waals surface area contributed by atoms with E-state index in [0.717, 1.165) is 29.2 Å². The van der Waals surface area contributed by atoms with Crippen LogP contribution >= 0.6 is 0 Å². The first kappa shape index (κ1) is 18.1. The zero-order valence-electron chi connectivity index (χ0n) is 14.8. The fraction of sp³-hybridized carbons (Fsp3) is 0.529. The number of rotatable bonds is 6. The number of carbonyl (C=O) groups is 1. The third kappa shape index (κ3) is 4.61. The number of alkyl carbamates (subject to hydrolysis) is 1. The molecular formula is C17H26N4O3. The molecule has 1 heterocycles. The SMILES string of the molecule is CCn1c(CN)nc2ccc(OCCNC(=O)OC(C)(C)C)cc21. The largest absolute Gasteiger partial charge is 0.492 e. The molecule has 2 rings (SSSR count). The van der Waals surface area contributed by atoms with E-state index < -0.39 is 11.7 Å². The van der Waals surface area contributed by atoms with E-state index in [0.29, 0.717) is 19.7 Å². The van der Waals surface area contributed by atoms with Crippen molar-refractivity contribution in [3.05, 3.63) is 24.0 Å². The predicted molar refractivity (Wildman–Crippen MR) is 93.0 cm³/mol. The molecule has 24 heavy (non-hydrogen) atoms. The molecule has 7 heteroatoms. The van der Waals surface area contributed by atoms with Gasteiger partial charge in [-0.2, -0.15) is 0 Å². The van der Waals surface area contributed by atoms with E-state index in [4.69, 9.17) is 15.2 Å². The highest BCUT2D eigenvalue weighted by atomic mass is 16.6. The Morgan fingerprint density at radius 2 is 2.12 bits per heavy atom. The number of aryl methyl sites for hydroxylation is 1. The second-order valence-electron chi connectivity index (χ2n) is 6.40. The van der Waals surface area contributed by atoms with Gasteiger partial charge in [-0.3, -0.25) is 0 Å². The number of nitrogens with zero attached hydrogens (tertiary/aromatic N) is 2. The second kappa shape index (κ2) is 7.53. The van der Waals surface area contributed by atoms with Crippen molar-refractivity contribution in [2.75, 3.05) is 13.2 Å². The van der Waals surface area contributed by atoms with E-state index in [-0.39, 0.29) is 0 Å². The van der Waals surface area contributed by atoms with Gasteiger partial charge in [-0.1, -0.05) is 0 Å². The van der Waals surface area contributed by atoms with E-state index in [1.54, 1.807) is 0 Å². The zero-order valence-corrected chi connectivity index (χ0v) is 14.8. The van der Waals surface area contributed by atoms with E-state index in [1.165, 1.54) is 0 Å². The Balaban J connectivity index is 1.92. The standard InChI is InChI=1S/C17H26N4O3/c1-5-21-14-10-12(6-7-13(14)20-15(21)11-18)23-9-8-19-16(22)24-17(2,3)4/h6-7,10H,5,8-9,11,18H2,1-4H3,(H,19,22). The number of imidazole rings is 1. The van der Waals surface area contributed by atoms with E-state index >= 15 is 0 Å². The highest BCUT2D eigenvalue weighted by Crippen LogP contribution is 2.22. The lowest BCUT2D eigenvalue weighted by Gasteiger charge is -2.19. The molecule has 0 aliphatic rings. The Hall–Kier alpha value is -2.28. The monoisotopic (exact) mass is 334 g/mol. The van der Waals surface area contributed by atoms with Crippen LogP contribution in [0.1, 0.15) is 33.5 Å².